The zero-order chi connectivity index (χ0) is 22.5. The van der Waals surface area contributed by atoms with E-state index in [1.54, 1.807) is 57.2 Å². The second-order valence-corrected chi connectivity index (χ2v) is 7.35. The highest BCUT2D eigenvalue weighted by molar-refractivity contribution is 6.02. The van der Waals surface area contributed by atoms with Crippen LogP contribution in [0.1, 0.15) is 42.9 Å². The summed E-state index contributed by atoms with van der Waals surface area (Å²) in [6.45, 7) is 5.43. The van der Waals surface area contributed by atoms with Gasteiger partial charge in [0.1, 0.15) is 5.82 Å². The van der Waals surface area contributed by atoms with Gasteiger partial charge in [-0.15, -0.1) is 0 Å². The molecule has 0 radical (unpaired) electrons. The first-order chi connectivity index (χ1) is 14.8. The van der Waals surface area contributed by atoms with E-state index in [0.29, 0.717) is 22.9 Å². The number of nitrogens with zero attached hydrogens (tertiary/aromatic N) is 3. The minimum Gasteiger partial charge on any atom is -0.451 e. The highest BCUT2D eigenvalue weighted by Gasteiger charge is 2.21. The summed E-state index contributed by atoms with van der Waals surface area (Å²) in [6.07, 6.45) is 0. The molecule has 0 saturated heterocycles. The van der Waals surface area contributed by atoms with Crippen LogP contribution in [-0.2, 0) is 16.1 Å². The van der Waals surface area contributed by atoms with Crippen LogP contribution >= 0.6 is 0 Å². The molecule has 7 nitrogen and oxygen atoms in total. The summed E-state index contributed by atoms with van der Waals surface area (Å²) in [4.78, 5) is 39.4. The summed E-state index contributed by atoms with van der Waals surface area (Å²) in [5, 5.41) is 4.91. The number of carbonyl (C=O) groups is 2. The van der Waals surface area contributed by atoms with Gasteiger partial charge in [0, 0.05) is 18.5 Å². The third kappa shape index (κ3) is 4.96. The molecule has 0 spiro atoms. The summed E-state index contributed by atoms with van der Waals surface area (Å²) in [7, 11) is 0. The minimum absolute atomic E-state index is 0.0233. The Bertz CT molecular complexity index is 1170. The molecule has 0 saturated carbocycles. The molecule has 0 N–H and O–H groups in total. The number of hydrogen-bond donors (Lipinski definition) is 0. The van der Waals surface area contributed by atoms with Crippen molar-refractivity contribution in [1.82, 2.24) is 14.7 Å². The lowest BCUT2D eigenvalue weighted by Crippen LogP contribution is -2.34. The molecular weight excluding hydrogens is 401 g/mol. The molecule has 2 aromatic carbocycles. The van der Waals surface area contributed by atoms with Gasteiger partial charge in [0.2, 0.25) is 0 Å². The average molecular weight is 425 g/mol. The number of aromatic nitrogens is 2. The molecule has 1 aromatic heterocycles. The van der Waals surface area contributed by atoms with E-state index in [-0.39, 0.29) is 29.7 Å². The highest BCUT2D eigenvalue weighted by atomic mass is 19.1. The van der Waals surface area contributed by atoms with Gasteiger partial charge in [-0.25, -0.2) is 13.9 Å². The Morgan fingerprint density at radius 1 is 1.13 bits per heavy atom. The normalized spacial score (nSPS) is 11.0. The van der Waals surface area contributed by atoms with E-state index >= 15 is 0 Å². The van der Waals surface area contributed by atoms with Crippen LogP contribution in [0, 0.1) is 5.82 Å². The van der Waals surface area contributed by atoms with Gasteiger partial charge in [-0.1, -0.05) is 30.3 Å². The molecule has 0 fully saturated rings. The molecule has 3 rings (SSSR count). The summed E-state index contributed by atoms with van der Waals surface area (Å²) in [5.74, 6) is -1.59. The van der Waals surface area contributed by atoms with Crippen molar-refractivity contribution in [1.29, 1.82) is 0 Å². The zero-order valence-corrected chi connectivity index (χ0v) is 17.7. The SMILES string of the molecule is CCN(Cc1cccc(F)c1)C(=O)COC(=O)c1nn(C(C)C)c(=O)c2ccccc12. The van der Waals surface area contributed by atoms with Crippen molar-refractivity contribution in [2.45, 2.75) is 33.4 Å². The van der Waals surface area contributed by atoms with Gasteiger partial charge >= 0.3 is 5.97 Å². The van der Waals surface area contributed by atoms with E-state index in [4.69, 9.17) is 4.74 Å². The smallest absolute Gasteiger partial charge is 0.359 e. The average Bonchev–Trinajstić information content (AvgIpc) is 2.75. The Labute approximate surface area is 179 Å². The molecular formula is C23H24FN3O4. The fourth-order valence-electron chi connectivity index (χ4n) is 3.23. The number of rotatable bonds is 7. The van der Waals surface area contributed by atoms with Crippen molar-refractivity contribution < 1.29 is 18.7 Å². The maximum atomic E-state index is 13.4. The third-order valence-corrected chi connectivity index (χ3v) is 4.83. The molecule has 1 heterocycles. The van der Waals surface area contributed by atoms with E-state index in [2.05, 4.69) is 5.10 Å². The van der Waals surface area contributed by atoms with Crippen molar-refractivity contribution in [2.24, 2.45) is 0 Å². The predicted octanol–water partition coefficient (Wildman–Crippen LogP) is 3.32. The van der Waals surface area contributed by atoms with Crippen molar-refractivity contribution >= 4 is 22.6 Å². The first kappa shape index (κ1) is 22.1. The van der Waals surface area contributed by atoms with Crippen LogP contribution in [0.5, 0.6) is 0 Å². The van der Waals surface area contributed by atoms with Crippen LogP contribution in [0.3, 0.4) is 0 Å². The molecule has 0 unspecified atom stereocenters. The van der Waals surface area contributed by atoms with Gasteiger partial charge in [0.25, 0.3) is 11.5 Å². The number of likely N-dealkylation sites (N-methyl/N-ethyl adjacent to an activating group) is 1. The molecule has 1 amide bonds. The van der Waals surface area contributed by atoms with Crippen LogP contribution in [0.15, 0.2) is 53.3 Å². The van der Waals surface area contributed by atoms with E-state index in [9.17, 15) is 18.8 Å². The lowest BCUT2D eigenvalue weighted by Gasteiger charge is -2.21. The van der Waals surface area contributed by atoms with Crippen LogP contribution in [0.2, 0.25) is 0 Å². The fraction of sp³-hybridized carbons (Fsp3) is 0.304. The topological polar surface area (TPSA) is 81.5 Å². The van der Waals surface area contributed by atoms with Crippen LogP contribution < -0.4 is 5.56 Å². The molecule has 3 aromatic rings. The maximum Gasteiger partial charge on any atom is 0.359 e. The Morgan fingerprint density at radius 2 is 1.84 bits per heavy atom. The molecule has 0 aliphatic heterocycles. The van der Waals surface area contributed by atoms with Gasteiger partial charge in [-0.05, 0) is 44.5 Å². The maximum absolute atomic E-state index is 13.4. The lowest BCUT2D eigenvalue weighted by molar-refractivity contribution is -0.135. The number of esters is 1. The van der Waals surface area contributed by atoms with E-state index in [1.807, 2.05) is 0 Å². The Balaban J connectivity index is 1.78. The van der Waals surface area contributed by atoms with Gasteiger partial charge in [0.05, 0.1) is 11.4 Å². The number of fused-ring (bicyclic) bond motifs is 1. The van der Waals surface area contributed by atoms with Crippen molar-refractivity contribution in [3.63, 3.8) is 0 Å². The van der Waals surface area contributed by atoms with E-state index < -0.39 is 18.5 Å². The second kappa shape index (κ2) is 9.51. The first-order valence-corrected chi connectivity index (χ1v) is 10.0. The molecule has 0 atom stereocenters. The highest BCUT2D eigenvalue weighted by Crippen LogP contribution is 2.16. The number of amides is 1. The van der Waals surface area contributed by atoms with E-state index in [0.717, 1.165) is 0 Å². The molecule has 0 bridgehead atoms. The molecule has 8 heteroatoms. The number of ether oxygens (including phenoxy) is 1. The summed E-state index contributed by atoms with van der Waals surface area (Å²) >= 11 is 0. The minimum atomic E-state index is -0.791. The Morgan fingerprint density at radius 3 is 2.48 bits per heavy atom. The summed E-state index contributed by atoms with van der Waals surface area (Å²) in [5.41, 5.74) is 0.313. The standard InChI is InChI=1S/C23H24FN3O4/c1-4-26(13-16-8-7-9-17(24)12-16)20(28)14-31-23(30)21-18-10-5-6-11-19(18)22(29)27(25-21)15(2)3/h5-12,15H,4,13-14H2,1-3H3. The quantitative estimate of drug-likeness (QED) is 0.543. The number of halogens is 1. The molecule has 31 heavy (non-hydrogen) atoms. The predicted molar refractivity (Wildman–Crippen MR) is 114 cm³/mol. The number of hydrogen-bond acceptors (Lipinski definition) is 5. The van der Waals surface area contributed by atoms with Gasteiger partial charge in [-0.3, -0.25) is 9.59 Å². The Hall–Kier alpha value is -3.55. The Kier molecular flexibility index (Phi) is 6.79. The van der Waals surface area contributed by atoms with Gasteiger partial charge in [0.15, 0.2) is 12.3 Å². The first-order valence-electron chi connectivity index (χ1n) is 10.0. The third-order valence-electron chi connectivity index (χ3n) is 4.83. The van der Waals surface area contributed by atoms with Crippen LogP contribution in [-0.4, -0.2) is 39.7 Å². The monoisotopic (exact) mass is 425 g/mol. The van der Waals surface area contributed by atoms with Crippen molar-refractivity contribution in [2.75, 3.05) is 13.2 Å². The summed E-state index contributed by atoms with van der Waals surface area (Å²) in [6, 6.07) is 12.4. The van der Waals surface area contributed by atoms with Gasteiger partial charge < -0.3 is 9.64 Å². The lowest BCUT2D eigenvalue weighted by atomic mass is 10.1. The second-order valence-electron chi connectivity index (χ2n) is 7.35. The number of benzene rings is 2. The van der Waals surface area contributed by atoms with Crippen LogP contribution in [0.4, 0.5) is 4.39 Å². The molecule has 0 aliphatic rings. The largest absolute Gasteiger partial charge is 0.451 e. The number of carbonyl (C=O) groups excluding carboxylic acids is 2. The zero-order valence-electron chi connectivity index (χ0n) is 17.7. The van der Waals surface area contributed by atoms with Gasteiger partial charge in [-0.2, -0.15) is 5.10 Å². The van der Waals surface area contributed by atoms with Crippen molar-refractivity contribution in [3.05, 3.63) is 76.0 Å². The summed E-state index contributed by atoms with van der Waals surface area (Å²) < 4.78 is 19.9. The molecule has 0 aliphatic carbocycles. The van der Waals surface area contributed by atoms with Crippen LogP contribution in [0.25, 0.3) is 10.8 Å². The molecule has 162 valence electrons. The fourth-order valence-corrected chi connectivity index (χ4v) is 3.23. The van der Waals surface area contributed by atoms with Crippen molar-refractivity contribution in [3.8, 4) is 0 Å². The van der Waals surface area contributed by atoms with E-state index in [1.165, 1.54) is 21.7 Å².